The molecule has 18 heavy (non-hydrogen) atoms. The van der Waals surface area contributed by atoms with Crippen molar-refractivity contribution in [2.24, 2.45) is 5.73 Å². The van der Waals surface area contributed by atoms with Gasteiger partial charge in [-0.25, -0.2) is 4.79 Å². The predicted molar refractivity (Wildman–Crippen MR) is 66.4 cm³/mol. The summed E-state index contributed by atoms with van der Waals surface area (Å²) < 4.78 is 9.92. The lowest BCUT2D eigenvalue weighted by Crippen LogP contribution is -2.32. The van der Waals surface area contributed by atoms with Crippen molar-refractivity contribution in [2.75, 3.05) is 6.61 Å². The summed E-state index contributed by atoms with van der Waals surface area (Å²) in [5.41, 5.74) is 5.80. The maximum Gasteiger partial charge on any atom is 0.344 e. The van der Waals surface area contributed by atoms with Crippen LogP contribution >= 0.6 is 11.6 Å². The zero-order chi connectivity index (χ0) is 13.7. The summed E-state index contributed by atoms with van der Waals surface area (Å²) in [7, 11) is 0. The molecule has 5 nitrogen and oxygen atoms in total. The van der Waals surface area contributed by atoms with Crippen molar-refractivity contribution in [3.05, 3.63) is 28.8 Å². The number of benzene rings is 1. The summed E-state index contributed by atoms with van der Waals surface area (Å²) in [6.45, 7) is 2.92. The molecule has 1 amide bonds. The molecule has 0 saturated carbocycles. The van der Waals surface area contributed by atoms with Crippen molar-refractivity contribution in [1.82, 2.24) is 0 Å². The van der Waals surface area contributed by atoms with E-state index in [-0.39, 0.29) is 6.61 Å². The Morgan fingerprint density at radius 2 is 2.11 bits per heavy atom. The summed E-state index contributed by atoms with van der Waals surface area (Å²) in [6.07, 6.45) is -0.965. The van der Waals surface area contributed by atoms with E-state index in [1.165, 1.54) is 6.92 Å². The molecule has 1 atom stereocenters. The summed E-state index contributed by atoms with van der Waals surface area (Å²) in [5.74, 6) is -0.861. The normalized spacial score (nSPS) is 11.7. The van der Waals surface area contributed by atoms with Crippen LogP contribution < -0.4 is 10.5 Å². The van der Waals surface area contributed by atoms with Crippen molar-refractivity contribution < 1.29 is 19.1 Å². The van der Waals surface area contributed by atoms with Gasteiger partial charge < -0.3 is 15.2 Å². The molecule has 1 unspecified atom stereocenters. The largest absolute Gasteiger partial charge is 0.482 e. The lowest BCUT2D eigenvalue weighted by atomic mass is 10.2. The third-order valence-electron chi connectivity index (χ3n) is 2.19. The first-order chi connectivity index (χ1) is 8.40. The van der Waals surface area contributed by atoms with Gasteiger partial charge >= 0.3 is 5.97 Å². The lowest BCUT2D eigenvalue weighted by Gasteiger charge is -2.10. The highest BCUT2D eigenvalue weighted by molar-refractivity contribution is 6.31. The molecule has 2 N–H and O–H groups in total. The van der Waals surface area contributed by atoms with E-state index in [1.807, 2.05) is 6.92 Å². The monoisotopic (exact) mass is 271 g/mol. The van der Waals surface area contributed by atoms with Crippen LogP contribution in [0.15, 0.2) is 18.2 Å². The first-order valence-corrected chi connectivity index (χ1v) is 5.65. The Bertz CT molecular complexity index is 461. The second-order valence-electron chi connectivity index (χ2n) is 3.73. The van der Waals surface area contributed by atoms with Crippen LogP contribution in [-0.2, 0) is 14.3 Å². The van der Waals surface area contributed by atoms with E-state index in [1.54, 1.807) is 18.2 Å². The first-order valence-electron chi connectivity index (χ1n) is 5.28. The molecular formula is C12H14ClNO4. The van der Waals surface area contributed by atoms with Crippen molar-refractivity contribution in [1.29, 1.82) is 0 Å². The average Bonchev–Trinajstić information content (AvgIpc) is 2.30. The third-order valence-corrected chi connectivity index (χ3v) is 2.62. The van der Waals surface area contributed by atoms with Gasteiger partial charge in [-0.2, -0.15) is 0 Å². The topological polar surface area (TPSA) is 78.6 Å². The molecule has 0 aliphatic carbocycles. The number of halogens is 1. The molecule has 0 aliphatic rings. The zero-order valence-corrected chi connectivity index (χ0v) is 10.9. The Hall–Kier alpha value is -1.75. The predicted octanol–water partition coefficient (Wildman–Crippen LogP) is 1.44. The van der Waals surface area contributed by atoms with Crippen LogP contribution in [0.5, 0.6) is 5.75 Å². The van der Waals surface area contributed by atoms with Crippen LogP contribution in [0.1, 0.15) is 12.5 Å². The Labute approximate surface area is 110 Å². The average molecular weight is 272 g/mol. The fourth-order valence-corrected chi connectivity index (χ4v) is 1.26. The van der Waals surface area contributed by atoms with Gasteiger partial charge in [0.05, 0.1) is 0 Å². The molecular weight excluding hydrogens is 258 g/mol. The number of rotatable bonds is 5. The number of carbonyl (C=O) groups is 2. The van der Waals surface area contributed by atoms with Gasteiger partial charge in [-0.05, 0) is 37.6 Å². The molecule has 1 rings (SSSR count). The van der Waals surface area contributed by atoms with Gasteiger partial charge in [-0.1, -0.05) is 11.6 Å². The van der Waals surface area contributed by atoms with Crippen molar-refractivity contribution >= 4 is 23.5 Å². The van der Waals surface area contributed by atoms with Crippen LogP contribution in [0.3, 0.4) is 0 Å². The summed E-state index contributed by atoms with van der Waals surface area (Å²) in [5, 5.41) is 0.618. The Kier molecular flexibility index (Phi) is 4.97. The van der Waals surface area contributed by atoms with Crippen LogP contribution in [0.2, 0.25) is 5.02 Å². The zero-order valence-electron chi connectivity index (χ0n) is 10.1. The molecule has 0 fully saturated rings. The summed E-state index contributed by atoms with van der Waals surface area (Å²) >= 11 is 5.85. The van der Waals surface area contributed by atoms with E-state index >= 15 is 0 Å². The van der Waals surface area contributed by atoms with Crippen LogP contribution in [0, 0.1) is 6.92 Å². The number of esters is 1. The second-order valence-corrected chi connectivity index (χ2v) is 4.14. The maximum atomic E-state index is 11.3. The third kappa shape index (κ3) is 4.25. The number of nitrogens with two attached hydrogens (primary N) is 1. The minimum Gasteiger partial charge on any atom is -0.482 e. The van der Waals surface area contributed by atoms with Gasteiger partial charge in [0.25, 0.3) is 5.91 Å². The van der Waals surface area contributed by atoms with E-state index in [2.05, 4.69) is 0 Å². The van der Waals surface area contributed by atoms with Crippen molar-refractivity contribution in [3.63, 3.8) is 0 Å². The van der Waals surface area contributed by atoms with E-state index < -0.39 is 18.0 Å². The van der Waals surface area contributed by atoms with E-state index in [0.29, 0.717) is 10.8 Å². The maximum absolute atomic E-state index is 11.3. The molecule has 1 aromatic carbocycles. The SMILES string of the molecule is Cc1cc(OCC(=O)OC(C)C(N)=O)ccc1Cl. The van der Waals surface area contributed by atoms with E-state index in [4.69, 9.17) is 26.8 Å². The highest BCUT2D eigenvalue weighted by Gasteiger charge is 2.14. The van der Waals surface area contributed by atoms with Crippen LogP contribution in [0.4, 0.5) is 0 Å². The second kappa shape index (κ2) is 6.26. The van der Waals surface area contributed by atoms with Gasteiger partial charge in [0.15, 0.2) is 12.7 Å². The Morgan fingerprint density at radius 3 is 2.67 bits per heavy atom. The van der Waals surface area contributed by atoms with E-state index in [0.717, 1.165) is 5.56 Å². The van der Waals surface area contributed by atoms with Crippen LogP contribution in [-0.4, -0.2) is 24.6 Å². The number of primary amides is 1. The van der Waals surface area contributed by atoms with Gasteiger partial charge in [0.1, 0.15) is 5.75 Å². The van der Waals surface area contributed by atoms with E-state index in [9.17, 15) is 9.59 Å². The van der Waals surface area contributed by atoms with Gasteiger partial charge in [-0.3, -0.25) is 4.79 Å². The van der Waals surface area contributed by atoms with Crippen molar-refractivity contribution in [2.45, 2.75) is 20.0 Å². The molecule has 0 bridgehead atoms. The number of ether oxygens (including phenoxy) is 2. The quantitative estimate of drug-likeness (QED) is 0.822. The van der Waals surface area contributed by atoms with Gasteiger partial charge in [0.2, 0.25) is 0 Å². The standard InChI is InChI=1S/C12H14ClNO4/c1-7-5-9(3-4-10(7)13)17-6-11(15)18-8(2)12(14)16/h3-5,8H,6H2,1-2H3,(H2,14,16). The minimum atomic E-state index is -0.965. The molecule has 0 heterocycles. The van der Waals surface area contributed by atoms with Gasteiger partial charge in [-0.15, -0.1) is 0 Å². The number of carbonyl (C=O) groups excluding carboxylic acids is 2. The molecule has 0 saturated heterocycles. The minimum absolute atomic E-state index is 0.293. The number of hydrogen-bond donors (Lipinski definition) is 1. The molecule has 0 aromatic heterocycles. The molecule has 6 heteroatoms. The molecule has 0 spiro atoms. The fourth-order valence-electron chi connectivity index (χ4n) is 1.14. The first kappa shape index (κ1) is 14.3. The van der Waals surface area contributed by atoms with Crippen molar-refractivity contribution in [3.8, 4) is 5.75 Å². The number of hydrogen-bond acceptors (Lipinski definition) is 4. The lowest BCUT2D eigenvalue weighted by molar-refractivity contribution is -0.155. The highest BCUT2D eigenvalue weighted by atomic mass is 35.5. The Balaban J connectivity index is 2.47. The highest BCUT2D eigenvalue weighted by Crippen LogP contribution is 2.20. The molecule has 0 aliphatic heterocycles. The molecule has 1 aromatic rings. The smallest absolute Gasteiger partial charge is 0.344 e. The van der Waals surface area contributed by atoms with Crippen LogP contribution in [0.25, 0.3) is 0 Å². The Morgan fingerprint density at radius 1 is 1.44 bits per heavy atom. The number of aryl methyl sites for hydroxylation is 1. The molecule has 0 radical (unpaired) electrons. The van der Waals surface area contributed by atoms with Gasteiger partial charge in [0, 0.05) is 5.02 Å². The fraction of sp³-hybridized carbons (Fsp3) is 0.333. The summed E-state index contributed by atoms with van der Waals surface area (Å²) in [6, 6.07) is 5.01. The molecule has 98 valence electrons. The number of amides is 1. The summed E-state index contributed by atoms with van der Waals surface area (Å²) in [4.78, 5) is 22.0.